The van der Waals surface area contributed by atoms with Gasteiger partial charge in [-0.1, -0.05) is 17.7 Å². The average Bonchev–Trinajstić information content (AvgIpc) is 2.99. The van der Waals surface area contributed by atoms with Gasteiger partial charge in [-0.05, 0) is 37.3 Å². The van der Waals surface area contributed by atoms with Crippen molar-refractivity contribution in [1.29, 1.82) is 0 Å². The predicted octanol–water partition coefficient (Wildman–Crippen LogP) is 1.13. The topological polar surface area (TPSA) is 96.7 Å². The van der Waals surface area contributed by atoms with Gasteiger partial charge >= 0.3 is 5.69 Å². The summed E-state index contributed by atoms with van der Waals surface area (Å²) in [5, 5.41) is 2.87. The van der Waals surface area contributed by atoms with Crippen molar-refractivity contribution in [2.45, 2.75) is 11.8 Å². The Labute approximate surface area is 186 Å². The molecule has 1 saturated heterocycles. The van der Waals surface area contributed by atoms with Crippen molar-refractivity contribution in [3.8, 4) is 0 Å². The summed E-state index contributed by atoms with van der Waals surface area (Å²) in [6, 6.07) is 12.3. The number of sulfonamides is 1. The SMILES string of the molecule is Cc1ccc(NC(=O)CN2CCN(S(=O)(=O)c3ccc4c(c3)n(C)c(=O)n4C)CC2)cc1. The van der Waals surface area contributed by atoms with Crippen molar-refractivity contribution in [2.75, 3.05) is 38.0 Å². The van der Waals surface area contributed by atoms with Gasteiger partial charge in [0.1, 0.15) is 0 Å². The van der Waals surface area contributed by atoms with Gasteiger partial charge in [0.15, 0.2) is 0 Å². The summed E-state index contributed by atoms with van der Waals surface area (Å²) in [5.41, 5.74) is 2.92. The van der Waals surface area contributed by atoms with Crippen LogP contribution in [0.2, 0.25) is 0 Å². The number of amides is 1. The van der Waals surface area contributed by atoms with E-state index < -0.39 is 10.0 Å². The molecule has 1 aliphatic rings. The number of nitrogens with zero attached hydrogens (tertiary/aromatic N) is 4. The highest BCUT2D eigenvalue weighted by atomic mass is 32.2. The molecule has 2 heterocycles. The Morgan fingerprint density at radius 1 is 0.938 bits per heavy atom. The first kappa shape index (κ1) is 22.3. The second kappa shape index (κ2) is 8.53. The van der Waals surface area contributed by atoms with Gasteiger partial charge in [0, 0.05) is 46.0 Å². The minimum absolute atomic E-state index is 0.124. The number of piperazine rings is 1. The maximum atomic E-state index is 13.2. The highest BCUT2D eigenvalue weighted by molar-refractivity contribution is 7.89. The third kappa shape index (κ3) is 4.21. The van der Waals surface area contributed by atoms with E-state index in [4.69, 9.17) is 0 Å². The lowest BCUT2D eigenvalue weighted by molar-refractivity contribution is -0.117. The maximum Gasteiger partial charge on any atom is 0.328 e. The Balaban J connectivity index is 1.40. The number of fused-ring (bicyclic) bond motifs is 1. The average molecular weight is 458 g/mol. The first-order chi connectivity index (χ1) is 15.2. The van der Waals surface area contributed by atoms with E-state index in [0.29, 0.717) is 37.2 Å². The van der Waals surface area contributed by atoms with Crippen molar-refractivity contribution in [3.63, 3.8) is 0 Å². The molecule has 10 heteroatoms. The summed E-state index contributed by atoms with van der Waals surface area (Å²) in [4.78, 5) is 26.6. The molecular weight excluding hydrogens is 430 g/mol. The van der Waals surface area contributed by atoms with Crippen molar-refractivity contribution in [2.24, 2.45) is 14.1 Å². The molecule has 0 radical (unpaired) electrons. The van der Waals surface area contributed by atoms with Gasteiger partial charge < -0.3 is 5.32 Å². The fraction of sp³-hybridized carbons (Fsp3) is 0.364. The molecule has 3 aromatic rings. The molecule has 0 unspecified atom stereocenters. The molecule has 4 rings (SSSR count). The van der Waals surface area contributed by atoms with Crippen LogP contribution in [0, 0.1) is 6.92 Å². The molecule has 0 saturated carbocycles. The zero-order chi connectivity index (χ0) is 23.0. The zero-order valence-electron chi connectivity index (χ0n) is 18.4. The number of benzene rings is 2. The quantitative estimate of drug-likeness (QED) is 0.620. The molecule has 9 nitrogen and oxygen atoms in total. The lowest BCUT2D eigenvalue weighted by atomic mass is 10.2. The van der Waals surface area contributed by atoms with E-state index in [2.05, 4.69) is 5.32 Å². The summed E-state index contributed by atoms with van der Waals surface area (Å²) >= 11 is 0. The van der Waals surface area contributed by atoms with Crippen LogP contribution in [0.15, 0.2) is 52.2 Å². The second-order valence-corrected chi connectivity index (χ2v) is 10.1. The van der Waals surface area contributed by atoms with E-state index >= 15 is 0 Å². The Bertz CT molecular complexity index is 1320. The maximum absolute atomic E-state index is 13.2. The number of aromatic nitrogens is 2. The fourth-order valence-corrected chi connectivity index (χ4v) is 5.41. The normalized spacial score (nSPS) is 15.8. The lowest BCUT2D eigenvalue weighted by Crippen LogP contribution is -2.50. The molecule has 0 spiro atoms. The Kier molecular flexibility index (Phi) is 5.93. The van der Waals surface area contributed by atoms with Gasteiger partial charge in [-0.25, -0.2) is 13.2 Å². The van der Waals surface area contributed by atoms with Gasteiger partial charge in [0.05, 0.1) is 22.5 Å². The predicted molar refractivity (Wildman–Crippen MR) is 123 cm³/mol. The van der Waals surface area contributed by atoms with E-state index in [9.17, 15) is 18.0 Å². The minimum atomic E-state index is -3.70. The smallest absolute Gasteiger partial charge is 0.325 e. The molecule has 0 atom stereocenters. The molecule has 0 aliphatic carbocycles. The number of nitrogens with one attached hydrogen (secondary N) is 1. The molecule has 2 aromatic carbocycles. The fourth-order valence-electron chi connectivity index (χ4n) is 3.96. The summed E-state index contributed by atoms with van der Waals surface area (Å²) in [7, 11) is -0.411. The summed E-state index contributed by atoms with van der Waals surface area (Å²) in [6.07, 6.45) is 0. The lowest BCUT2D eigenvalue weighted by Gasteiger charge is -2.33. The van der Waals surface area contributed by atoms with E-state index in [1.165, 1.54) is 13.4 Å². The van der Waals surface area contributed by atoms with E-state index in [1.807, 2.05) is 36.1 Å². The number of carbonyl (C=O) groups is 1. The molecule has 32 heavy (non-hydrogen) atoms. The Hall–Kier alpha value is -2.95. The molecular formula is C22H27N5O4S. The molecule has 170 valence electrons. The Morgan fingerprint density at radius 3 is 2.22 bits per heavy atom. The first-order valence-corrected chi connectivity index (χ1v) is 11.9. The van der Waals surface area contributed by atoms with Crippen LogP contribution in [0.5, 0.6) is 0 Å². The van der Waals surface area contributed by atoms with Crippen LogP contribution in [-0.2, 0) is 28.9 Å². The molecule has 1 amide bonds. The highest BCUT2D eigenvalue weighted by Gasteiger charge is 2.29. The van der Waals surface area contributed by atoms with Crippen LogP contribution >= 0.6 is 0 Å². The molecule has 0 bridgehead atoms. The van der Waals surface area contributed by atoms with Crippen LogP contribution in [0.25, 0.3) is 11.0 Å². The van der Waals surface area contributed by atoms with Crippen molar-refractivity contribution in [1.82, 2.24) is 18.3 Å². The van der Waals surface area contributed by atoms with Crippen LogP contribution in [0.4, 0.5) is 5.69 Å². The Morgan fingerprint density at radius 2 is 1.56 bits per heavy atom. The molecule has 1 aliphatic heterocycles. The minimum Gasteiger partial charge on any atom is -0.325 e. The molecule has 1 aromatic heterocycles. The number of carbonyl (C=O) groups excluding carboxylic acids is 1. The van der Waals surface area contributed by atoms with Gasteiger partial charge in [-0.3, -0.25) is 18.8 Å². The number of anilines is 1. The van der Waals surface area contributed by atoms with E-state index in [1.54, 1.807) is 32.3 Å². The van der Waals surface area contributed by atoms with Crippen molar-refractivity contribution < 1.29 is 13.2 Å². The van der Waals surface area contributed by atoms with Gasteiger partial charge in [0.2, 0.25) is 15.9 Å². The number of imidazole rings is 1. The van der Waals surface area contributed by atoms with Crippen LogP contribution in [0.3, 0.4) is 0 Å². The molecule has 1 fully saturated rings. The number of rotatable bonds is 5. The largest absolute Gasteiger partial charge is 0.328 e. The van der Waals surface area contributed by atoms with Crippen LogP contribution in [-0.4, -0.2) is 65.4 Å². The number of hydrogen-bond acceptors (Lipinski definition) is 5. The van der Waals surface area contributed by atoms with Crippen molar-refractivity contribution >= 4 is 32.7 Å². The van der Waals surface area contributed by atoms with Crippen LogP contribution in [0.1, 0.15) is 5.56 Å². The van der Waals surface area contributed by atoms with Crippen molar-refractivity contribution in [3.05, 3.63) is 58.5 Å². The monoisotopic (exact) mass is 457 g/mol. The van der Waals surface area contributed by atoms with E-state index in [-0.39, 0.29) is 23.0 Å². The number of aryl methyl sites for hydroxylation is 3. The third-order valence-corrected chi connectivity index (χ3v) is 7.81. The van der Waals surface area contributed by atoms with Gasteiger partial charge in [0.25, 0.3) is 0 Å². The summed E-state index contributed by atoms with van der Waals surface area (Å²) in [5.74, 6) is -0.124. The molecule has 1 N–H and O–H groups in total. The number of hydrogen-bond donors (Lipinski definition) is 1. The summed E-state index contributed by atoms with van der Waals surface area (Å²) in [6.45, 7) is 3.72. The summed E-state index contributed by atoms with van der Waals surface area (Å²) < 4.78 is 30.7. The van der Waals surface area contributed by atoms with Crippen LogP contribution < -0.4 is 11.0 Å². The zero-order valence-corrected chi connectivity index (χ0v) is 19.2. The van der Waals surface area contributed by atoms with E-state index in [0.717, 1.165) is 11.3 Å². The standard InChI is InChI=1S/C22H27N5O4S/c1-16-4-6-17(7-5-16)23-21(28)15-26-10-12-27(13-11-26)32(30,31)18-8-9-19-20(14-18)25(3)22(29)24(19)2/h4-9,14H,10-13,15H2,1-3H3,(H,23,28). The van der Waals surface area contributed by atoms with Gasteiger partial charge in [-0.2, -0.15) is 4.31 Å². The van der Waals surface area contributed by atoms with Gasteiger partial charge in [-0.15, -0.1) is 0 Å². The highest BCUT2D eigenvalue weighted by Crippen LogP contribution is 2.22. The third-order valence-electron chi connectivity index (χ3n) is 5.92. The second-order valence-electron chi connectivity index (χ2n) is 8.15. The first-order valence-electron chi connectivity index (χ1n) is 10.4.